The van der Waals surface area contributed by atoms with E-state index >= 15 is 0 Å². The van der Waals surface area contributed by atoms with Crippen molar-refractivity contribution < 1.29 is 27.9 Å². The topological polar surface area (TPSA) is 108 Å². The molecule has 2 aliphatic rings. The number of aliphatic hydroxyl groups excluding tert-OH is 1. The fourth-order valence-corrected chi connectivity index (χ4v) is 4.56. The van der Waals surface area contributed by atoms with Crippen LogP contribution in [0, 0.1) is 5.92 Å². The molecule has 0 bridgehead atoms. The minimum Gasteiger partial charge on any atom is -0.393 e. The Balaban J connectivity index is 2.06. The predicted octanol–water partition coefficient (Wildman–Crippen LogP) is 1.99. The van der Waals surface area contributed by atoms with E-state index < -0.39 is 41.2 Å². The van der Waals surface area contributed by atoms with Crippen molar-refractivity contribution in [1.82, 2.24) is 15.8 Å². The lowest BCUT2D eigenvalue weighted by atomic mass is 9.72. The molecule has 1 aromatic rings. The van der Waals surface area contributed by atoms with Gasteiger partial charge in [-0.25, -0.2) is 0 Å². The molecular formula is C21H27F3N4O3. The molecule has 1 aliphatic heterocycles. The monoisotopic (exact) mass is 440 g/mol. The first-order valence-corrected chi connectivity index (χ1v) is 10.2. The van der Waals surface area contributed by atoms with Crippen LogP contribution < -0.4 is 16.5 Å². The van der Waals surface area contributed by atoms with Gasteiger partial charge in [-0.2, -0.15) is 18.2 Å². The summed E-state index contributed by atoms with van der Waals surface area (Å²) < 4.78 is 39.7. The molecule has 7 nitrogen and oxygen atoms in total. The third-order valence-electron chi connectivity index (χ3n) is 6.27. The van der Waals surface area contributed by atoms with Crippen molar-refractivity contribution in [2.75, 3.05) is 7.05 Å². The van der Waals surface area contributed by atoms with Gasteiger partial charge in [-0.15, -0.1) is 0 Å². The number of hydrazine groups is 1. The Morgan fingerprint density at radius 3 is 2.48 bits per heavy atom. The summed E-state index contributed by atoms with van der Waals surface area (Å²) in [5.41, 5.74) is 6.96. The maximum atomic E-state index is 13.2. The molecule has 2 atom stereocenters. The highest BCUT2D eigenvalue weighted by molar-refractivity contribution is 5.97. The number of amides is 2. The number of nitrogens with one attached hydrogen (secondary N) is 2. The van der Waals surface area contributed by atoms with Crippen molar-refractivity contribution in [3.8, 4) is 0 Å². The van der Waals surface area contributed by atoms with Crippen LogP contribution in [-0.4, -0.2) is 40.6 Å². The molecule has 1 saturated carbocycles. The average Bonchev–Trinajstić information content (AvgIpc) is 3.14. The van der Waals surface area contributed by atoms with E-state index in [1.807, 2.05) is 0 Å². The minimum atomic E-state index is -4.51. The van der Waals surface area contributed by atoms with Gasteiger partial charge < -0.3 is 21.6 Å². The molecule has 10 heteroatoms. The number of carbonyl (C=O) groups is 2. The van der Waals surface area contributed by atoms with Gasteiger partial charge in [0, 0.05) is 7.05 Å². The molecule has 31 heavy (non-hydrogen) atoms. The molecule has 2 amide bonds. The molecule has 1 fully saturated rings. The molecule has 0 spiro atoms. The molecule has 1 heterocycles. The maximum Gasteiger partial charge on any atom is 0.416 e. The highest BCUT2D eigenvalue weighted by Gasteiger charge is 2.54. The molecule has 3 rings (SSSR count). The molecule has 0 aromatic heterocycles. The van der Waals surface area contributed by atoms with Crippen molar-refractivity contribution in [2.45, 2.75) is 56.5 Å². The summed E-state index contributed by atoms with van der Waals surface area (Å²) in [7, 11) is 1.44. The third-order valence-corrected chi connectivity index (χ3v) is 6.27. The molecule has 170 valence electrons. The number of aliphatic hydroxyl groups is 1. The van der Waals surface area contributed by atoms with Gasteiger partial charge in [0.1, 0.15) is 11.2 Å². The molecule has 1 aliphatic carbocycles. The van der Waals surface area contributed by atoms with Crippen LogP contribution in [0.3, 0.4) is 0 Å². The van der Waals surface area contributed by atoms with Crippen LogP contribution in [0.25, 0.3) is 0 Å². The van der Waals surface area contributed by atoms with E-state index in [2.05, 4.69) is 10.7 Å². The summed E-state index contributed by atoms with van der Waals surface area (Å²) in [6.45, 7) is 1.65. The van der Waals surface area contributed by atoms with Crippen molar-refractivity contribution in [3.05, 3.63) is 47.2 Å². The van der Waals surface area contributed by atoms with Gasteiger partial charge in [0.05, 0.1) is 17.7 Å². The zero-order valence-corrected chi connectivity index (χ0v) is 17.4. The number of halogens is 3. The summed E-state index contributed by atoms with van der Waals surface area (Å²) in [4.78, 5) is 25.2. The zero-order valence-electron chi connectivity index (χ0n) is 17.4. The second kappa shape index (κ2) is 8.51. The molecule has 5 N–H and O–H groups in total. The van der Waals surface area contributed by atoms with E-state index in [1.165, 1.54) is 30.3 Å². The van der Waals surface area contributed by atoms with E-state index in [0.717, 1.165) is 12.1 Å². The van der Waals surface area contributed by atoms with Crippen LogP contribution in [0.1, 0.15) is 49.8 Å². The third kappa shape index (κ3) is 4.27. The fourth-order valence-electron chi connectivity index (χ4n) is 4.56. The Morgan fingerprint density at radius 2 is 1.94 bits per heavy atom. The van der Waals surface area contributed by atoms with Crippen molar-refractivity contribution >= 4 is 11.8 Å². The number of carbonyl (C=O) groups excluding carboxylic acids is 2. The Hall–Kier alpha value is -2.59. The number of nitrogens with zero attached hydrogens (tertiary/aromatic N) is 1. The standard InChI is InChI=1S/C21H27F3N4O3/c1-12(13-4-3-5-15(10-13)21(22,23)24)28-20(19(25)31,11-17(27-28)18(30)26-2)14-6-8-16(29)9-7-14/h3-5,10-12,14,16,27,29H,6-9H2,1-2H3,(H2,25,31)(H,26,30)/t12-,14?,16?,20?/m1/s1. The highest BCUT2D eigenvalue weighted by atomic mass is 19.4. The van der Waals surface area contributed by atoms with Gasteiger partial charge in [0.15, 0.2) is 0 Å². The molecular weight excluding hydrogens is 413 g/mol. The summed E-state index contributed by atoms with van der Waals surface area (Å²) in [6, 6.07) is 4.13. The van der Waals surface area contributed by atoms with Gasteiger partial charge in [-0.05, 0) is 62.3 Å². The summed E-state index contributed by atoms with van der Waals surface area (Å²) in [5, 5.41) is 13.9. The number of alkyl halides is 3. The van der Waals surface area contributed by atoms with Crippen LogP contribution in [0.5, 0.6) is 0 Å². The first-order valence-electron chi connectivity index (χ1n) is 10.2. The Morgan fingerprint density at radius 1 is 1.29 bits per heavy atom. The van der Waals surface area contributed by atoms with Crippen LogP contribution in [0.4, 0.5) is 13.2 Å². The quantitative estimate of drug-likeness (QED) is 0.560. The van der Waals surface area contributed by atoms with E-state index in [-0.39, 0.29) is 11.6 Å². The second-order valence-electron chi connectivity index (χ2n) is 8.11. The lowest BCUT2D eigenvalue weighted by molar-refractivity contribution is -0.138. The lowest BCUT2D eigenvalue weighted by Gasteiger charge is -2.45. The van der Waals surface area contributed by atoms with Crippen molar-refractivity contribution in [2.24, 2.45) is 11.7 Å². The number of primary amides is 1. The number of nitrogens with two attached hydrogens (primary N) is 1. The number of benzene rings is 1. The van der Waals surface area contributed by atoms with Crippen LogP contribution in [-0.2, 0) is 15.8 Å². The molecule has 1 aromatic carbocycles. The maximum absolute atomic E-state index is 13.2. The lowest BCUT2D eigenvalue weighted by Crippen LogP contribution is -2.62. The Labute approximate surface area is 178 Å². The van der Waals surface area contributed by atoms with Crippen molar-refractivity contribution in [3.63, 3.8) is 0 Å². The van der Waals surface area contributed by atoms with Crippen LogP contribution >= 0.6 is 0 Å². The summed E-state index contributed by atoms with van der Waals surface area (Å²) in [5.74, 6) is -1.50. The first-order chi connectivity index (χ1) is 14.5. The molecule has 0 saturated heterocycles. The Kier molecular flexibility index (Phi) is 6.33. The first kappa shape index (κ1) is 23.1. The summed E-state index contributed by atoms with van der Waals surface area (Å²) in [6.07, 6.45) is -1.62. The van der Waals surface area contributed by atoms with Crippen molar-refractivity contribution in [1.29, 1.82) is 0 Å². The van der Waals surface area contributed by atoms with Gasteiger partial charge in [0.2, 0.25) is 5.91 Å². The molecule has 0 radical (unpaired) electrons. The SMILES string of the molecule is CNC(=O)C1=CC(C(N)=O)(C2CCC(O)CC2)N([C@H](C)c2cccc(C(F)(F)F)c2)N1. The van der Waals surface area contributed by atoms with E-state index in [9.17, 15) is 27.9 Å². The minimum absolute atomic E-state index is 0.103. The zero-order chi connectivity index (χ0) is 23.0. The average molecular weight is 440 g/mol. The predicted molar refractivity (Wildman–Crippen MR) is 107 cm³/mol. The second-order valence-corrected chi connectivity index (χ2v) is 8.11. The van der Waals surface area contributed by atoms with Gasteiger partial charge in [-0.3, -0.25) is 9.59 Å². The molecule has 1 unspecified atom stereocenters. The fraction of sp³-hybridized carbons (Fsp3) is 0.524. The van der Waals surface area contributed by atoms with E-state index in [1.54, 1.807) is 6.92 Å². The Bertz CT molecular complexity index is 881. The largest absolute Gasteiger partial charge is 0.416 e. The highest BCUT2D eigenvalue weighted by Crippen LogP contribution is 2.44. The van der Waals surface area contributed by atoms with E-state index in [0.29, 0.717) is 31.2 Å². The number of hydrogen-bond acceptors (Lipinski definition) is 5. The summed E-state index contributed by atoms with van der Waals surface area (Å²) >= 11 is 0. The number of hydrogen-bond donors (Lipinski definition) is 4. The number of rotatable bonds is 5. The number of likely N-dealkylation sites (N-methyl/N-ethyl adjacent to an activating group) is 1. The van der Waals surface area contributed by atoms with E-state index in [4.69, 9.17) is 5.73 Å². The normalized spacial score (nSPS) is 27.9. The van der Waals surface area contributed by atoms with Gasteiger partial charge in [0.25, 0.3) is 5.91 Å². The smallest absolute Gasteiger partial charge is 0.393 e. The van der Waals surface area contributed by atoms with Crippen LogP contribution in [0.2, 0.25) is 0 Å². The van der Waals surface area contributed by atoms with Gasteiger partial charge in [-0.1, -0.05) is 12.1 Å². The van der Waals surface area contributed by atoms with Crippen LogP contribution in [0.15, 0.2) is 36.0 Å². The van der Waals surface area contributed by atoms with Gasteiger partial charge >= 0.3 is 6.18 Å².